The van der Waals surface area contributed by atoms with E-state index in [1.165, 1.54) is 25.7 Å². The molecule has 0 atom stereocenters. The summed E-state index contributed by atoms with van der Waals surface area (Å²) in [6.45, 7) is 2.09. The summed E-state index contributed by atoms with van der Waals surface area (Å²) in [6.07, 6.45) is 10.5. The van der Waals surface area contributed by atoms with Crippen molar-refractivity contribution in [1.29, 1.82) is 0 Å². The number of carbonyl (C=O) groups is 1. The van der Waals surface area contributed by atoms with Crippen LogP contribution in [0.3, 0.4) is 0 Å². The number of carbonyl (C=O) groups excluding carboxylic acids is 1. The predicted molar refractivity (Wildman–Crippen MR) is 73.2 cm³/mol. The van der Waals surface area contributed by atoms with E-state index in [4.69, 9.17) is 0 Å². The van der Waals surface area contributed by atoms with Crippen molar-refractivity contribution < 1.29 is 4.79 Å². The second-order valence-corrected chi connectivity index (χ2v) is 5.41. The standard InChI is InChI=1S/C14H20N4O/c19-14(17-11-5-6-11)12-9-16-13(10-15-12)18-7-3-1-2-4-8-18/h9-11H,1-8H2,(H,17,19). The molecular formula is C14H20N4O. The molecule has 1 saturated carbocycles. The van der Waals surface area contributed by atoms with E-state index in [0.29, 0.717) is 11.7 Å². The summed E-state index contributed by atoms with van der Waals surface area (Å²) in [7, 11) is 0. The molecule has 3 rings (SSSR count). The van der Waals surface area contributed by atoms with E-state index in [1.54, 1.807) is 12.4 Å². The molecule has 0 unspecified atom stereocenters. The molecule has 1 aromatic rings. The van der Waals surface area contributed by atoms with Crippen LogP contribution in [0.1, 0.15) is 49.0 Å². The van der Waals surface area contributed by atoms with Gasteiger partial charge in [-0.2, -0.15) is 0 Å². The molecule has 102 valence electrons. The van der Waals surface area contributed by atoms with Gasteiger partial charge in [0, 0.05) is 19.1 Å². The van der Waals surface area contributed by atoms with Crippen LogP contribution in [0.25, 0.3) is 0 Å². The van der Waals surface area contributed by atoms with Gasteiger partial charge in [0.1, 0.15) is 11.5 Å². The average Bonchev–Trinajstić information content (AvgIpc) is 3.25. The van der Waals surface area contributed by atoms with Crippen molar-refractivity contribution in [2.45, 2.75) is 44.6 Å². The summed E-state index contributed by atoms with van der Waals surface area (Å²) < 4.78 is 0. The van der Waals surface area contributed by atoms with Gasteiger partial charge in [-0.15, -0.1) is 0 Å². The molecule has 0 bridgehead atoms. The molecule has 2 fully saturated rings. The highest BCUT2D eigenvalue weighted by molar-refractivity contribution is 5.92. The number of hydrogen-bond donors (Lipinski definition) is 1. The Morgan fingerprint density at radius 3 is 2.42 bits per heavy atom. The molecule has 19 heavy (non-hydrogen) atoms. The second kappa shape index (κ2) is 5.55. The number of anilines is 1. The normalized spacial score (nSPS) is 19.9. The van der Waals surface area contributed by atoms with Crippen LogP contribution in [0.2, 0.25) is 0 Å². The number of hydrogen-bond acceptors (Lipinski definition) is 4. The maximum absolute atomic E-state index is 11.8. The molecule has 2 aliphatic rings. The SMILES string of the molecule is O=C(NC1CC1)c1cnc(N2CCCCCC2)cn1. The van der Waals surface area contributed by atoms with Crippen LogP contribution in [0, 0.1) is 0 Å². The monoisotopic (exact) mass is 260 g/mol. The van der Waals surface area contributed by atoms with Crippen LogP contribution in [0.4, 0.5) is 5.82 Å². The van der Waals surface area contributed by atoms with Crippen LogP contribution in [0.5, 0.6) is 0 Å². The minimum Gasteiger partial charge on any atom is -0.355 e. The Bertz CT molecular complexity index is 433. The number of nitrogens with one attached hydrogen (secondary N) is 1. The van der Waals surface area contributed by atoms with Crippen molar-refractivity contribution >= 4 is 11.7 Å². The third kappa shape index (κ3) is 3.22. The van der Waals surface area contributed by atoms with Crippen LogP contribution in [-0.4, -0.2) is 35.0 Å². The van der Waals surface area contributed by atoms with E-state index in [9.17, 15) is 4.79 Å². The van der Waals surface area contributed by atoms with Gasteiger partial charge in [-0.3, -0.25) is 4.79 Å². The Kier molecular flexibility index (Phi) is 3.62. The first-order valence-electron chi connectivity index (χ1n) is 7.21. The average molecular weight is 260 g/mol. The maximum atomic E-state index is 11.8. The zero-order valence-corrected chi connectivity index (χ0v) is 11.1. The summed E-state index contributed by atoms with van der Waals surface area (Å²) in [4.78, 5) is 22.7. The van der Waals surface area contributed by atoms with Gasteiger partial charge in [0.25, 0.3) is 5.91 Å². The Morgan fingerprint density at radius 1 is 1.11 bits per heavy atom. The zero-order valence-electron chi connectivity index (χ0n) is 11.1. The van der Waals surface area contributed by atoms with E-state index < -0.39 is 0 Å². The number of nitrogens with zero attached hydrogens (tertiary/aromatic N) is 3. The van der Waals surface area contributed by atoms with Crippen LogP contribution < -0.4 is 10.2 Å². The van der Waals surface area contributed by atoms with E-state index in [0.717, 1.165) is 31.7 Å². The third-order valence-corrected chi connectivity index (χ3v) is 3.71. The van der Waals surface area contributed by atoms with Gasteiger partial charge in [-0.25, -0.2) is 9.97 Å². The van der Waals surface area contributed by atoms with Crippen molar-refractivity contribution in [3.05, 3.63) is 18.1 Å². The summed E-state index contributed by atoms with van der Waals surface area (Å²) in [6, 6.07) is 0.361. The van der Waals surface area contributed by atoms with Gasteiger partial charge >= 0.3 is 0 Å². The van der Waals surface area contributed by atoms with Crippen LogP contribution in [-0.2, 0) is 0 Å². The Morgan fingerprint density at radius 2 is 1.84 bits per heavy atom. The highest BCUT2D eigenvalue weighted by Crippen LogP contribution is 2.19. The fourth-order valence-corrected chi connectivity index (χ4v) is 2.39. The topological polar surface area (TPSA) is 58.1 Å². The van der Waals surface area contributed by atoms with Crippen LogP contribution >= 0.6 is 0 Å². The lowest BCUT2D eigenvalue weighted by Gasteiger charge is -2.20. The largest absolute Gasteiger partial charge is 0.355 e. The van der Waals surface area contributed by atoms with Crippen molar-refractivity contribution in [3.8, 4) is 0 Å². The van der Waals surface area contributed by atoms with Crippen molar-refractivity contribution in [2.75, 3.05) is 18.0 Å². The first-order valence-corrected chi connectivity index (χ1v) is 7.21. The maximum Gasteiger partial charge on any atom is 0.271 e. The van der Waals surface area contributed by atoms with Gasteiger partial charge in [0.2, 0.25) is 0 Å². The van der Waals surface area contributed by atoms with Crippen molar-refractivity contribution in [1.82, 2.24) is 15.3 Å². The number of rotatable bonds is 3. The minimum absolute atomic E-state index is 0.0996. The fraction of sp³-hybridized carbons (Fsp3) is 0.643. The Balaban J connectivity index is 1.65. The molecular weight excluding hydrogens is 240 g/mol. The summed E-state index contributed by atoms with van der Waals surface area (Å²) in [5.74, 6) is 0.794. The predicted octanol–water partition coefficient (Wildman–Crippen LogP) is 1.75. The van der Waals surface area contributed by atoms with E-state index >= 15 is 0 Å². The Labute approximate surface area is 113 Å². The molecule has 1 aliphatic heterocycles. The van der Waals surface area contributed by atoms with Crippen molar-refractivity contribution in [3.63, 3.8) is 0 Å². The van der Waals surface area contributed by atoms with E-state index in [1.807, 2.05) is 0 Å². The Hall–Kier alpha value is -1.65. The molecule has 1 aromatic heterocycles. The first kappa shape index (κ1) is 12.4. The lowest BCUT2D eigenvalue weighted by atomic mass is 10.2. The molecule has 1 N–H and O–H groups in total. The van der Waals surface area contributed by atoms with Crippen LogP contribution in [0.15, 0.2) is 12.4 Å². The first-order chi connectivity index (χ1) is 9.33. The van der Waals surface area contributed by atoms with Gasteiger partial charge < -0.3 is 10.2 Å². The molecule has 0 radical (unpaired) electrons. The van der Waals surface area contributed by atoms with Crippen molar-refractivity contribution in [2.24, 2.45) is 0 Å². The lowest BCUT2D eigenvalue weighted by molar-refractivity contribution is 0.0945. The van der Waals surface area contributed by atoms with Gasteiger partial charge in [0.05, 0.1) is 12.4 Å². The molecule has 1 saturated heterocycles. The van der Waals surface area contributed by atoms with Gasteiger partial charge in [-0.1, -0.05) is 12.8 Å². The lowest BCUT2D eigenvalue weighted by Crippen LogP contribution is -2.28. The zero-order chi connectivity index (χ0) is 13.1. The summed E-state index contributed by atoms with van der Waals surface area (Å²) >= 11 is 0. The van der Waals surface area contributed by atoms with Gasteiger partial charge in [-0.05, 0) is 25.7 Å². The van der Waals surface area contributed by atoms with E-state index in [-0.39, 0.29) is 5.91 Å². The molecule has 5 heteroatoms. The summed E-state index contributed by atoms with van der Waals surface area (Å²) in [5, 5.41) is 2.92. The molecule has 2 heterocycles. The second-order valence-electron chi connectivity index (χ2n) is 5.41. The quantitative estimate of drug-likeness (QED) is 0.899. The molecule has 1 amide bonds. The third-order valence-electron chi connectivity index (χ3n) is 3.71. The number of aromatic nitrogens is 2. The minimum atomic E-state index is -0.0996. The highest BCUT2D eigenvalue weighted by Gasteiger charge is 2.24. The fourth-order valence-electron chi connectivity index (χ4n) is 2.39. The van der Waals surface area contributed by atoms with Gasteiger partial charge in [0.15, 0.2) is 0 Å². The smallest absolute Gasteiger partial charge is 0.271 e. The molecule has 1 aliphatic carbocycles. The summed E-state index contributed by atoms with van der Waals surface area (Å²) in [5.41, 5.74) is 0.422. The van der Waals surface area contributed by atoms with E-state index in [2.05, 4.69) is 20.2 Å². The molecule has 0 aromatic carbocycles. The molecule has 5 nitrogen and oxygen atoms in total. The number of amides is 1. The highest BCUT2D eigenvalue weighted by atomic mass is 16.2. The molecule has 0 spiro atoms.